The Labute approximate surface area is 134 Å². The van der Waals surface area contributed by atoms with Gasteiger partial charge < -0.3 is 10.1 Å². The first-order valence-corrected chi connectivity index (χ1v) is 7.42. The van der Waals surface area contributed by atoms with Crippen LogP contribution in [0.2, 0.25) is 0 Å². The third-order valence-corrected chi connectivity index (χ3v) is 3.32. The summed E-state index contributed by atoms with van der Waals surface area (Å²) in [5, 5.41) is 2.70. The maximum Gasteiger partial charge on any atom is 0.216 e. The largest absolute Gasteiger partial charge is 0.492 e. The Balaban J connectivity index is 1.76. The molecule has 0 aliphatic carbocycles. The fourth-order valence-electron chi connectivity index (χ4n) is 2.24. The molecular formula is C18H17N3O2. The van der Waals surface area contributed by atoms with Crippen LogP contribution in [0.4, 0.5) is 0 Å². The van der Waals surface area contributed by atoms with Gasteiger partial charge in [0.25, 0.3) is 0 Å². The van der Waals surface area contributed by atoms with Crippen molar-refractivity contribution in [1.29, 1.82) is 0 Å². The highest BCUT2D eigenvalue weighted by Gasteiger charge is 2.04. The maximum absolute atomic E-state index is 10.8. The molecule has 5 heteroatoms. The van der Waals surface area contributed by atoms with E-state index < -0.39 is 0 Å². The number of hydrogen-bond acceptors (Lipinski definition) is 4. The van der Waals surface area contributed by atoms with Gasteiger partial charge in [0.05, 0.1) is 29.5 Å². The predicted octanol–water partition coefficient (Wildman–Crippen LogP) is 2.81. The summed E-state index contributed by atoms with van der Waals surface area (Å²) in [6, 6.07) is 15.5. The molecule has 0 aliphatic heterocycles. The Morgan fingerprint density at radius 1 is 1.13 bits per heavy atom. The zero-order chi connectivity index (χ0) is 16.1. The molecule has 0 saturated carbocycles. The summed E-state index contributed by atoms with van der Waals surface area (Å²) >= 11 is 0. The zero-order valence-corrected chi connectivity index (χ0v) is 12.8. The number of nitrogens with zero attached hydrogens (tertiary/aromatic N) is 2. The summed E-state index contributed by atoms with van der Waals surface area (Å²) in [5.74, 6) is 0.677. The van der Waals surface area contributed by atoms with Crippen LogP contribution >= 0.6 is 0 Å². The van der Waals surface area contributed by atoms with Crippen LogP contribution in [-0.2, 0) is 4.79 Å². The Bertz CT molecular complexity index is 833. The van der Waals surface area contributed by atoms with Crippen molar-refractivity contribution in [2.24, 2.45) is 0 Å². The molecule has 0 radical (unpaired) electrons. The smallest absolute Gasteiger partial charge is 0.216 e. The van der Waals surface area contributed by atoms with Crippen molar-refractivity contribution in [3.05, 3.63) is 54.7 Å². The normalized spacial score (nSPS) is 10.5. The molecule has 0 saturated heterocycles. The van der Waals surface area contributed by atoms with E-state index in [0.29, 0.717) is 13.2 Å². The van der Waals surface area contributed by atoms with E-state index in [1.807, 2.05) is 48.5 Å². The summed E-state index contributed by atoms with van der Waals surface area (Å²) in [5.41, 5.74) is 3.48. The van der Waals surface area contributed by atoms with Crippen LogP contribution < -0.4 is 10.1 Å². The minimum absolute atomic E-state index is 0.0613. The molecular weight excluding hydrogens is 290 g/mol. The number of carbonyl (C=O) groups excluding carboxylic acids is 1. The SMILES string of the molecule is CC(=O)NCCOc1cccc(-c2cnc3ccccc3n2)c1. The highest BCUT2D eigenvalue weighted by atomic mass is 16.5. The van der Waals surface area contributed by atoms with Crippen molar-refractivity contribution in [2.45, 2.75) is 6.92 Å². The first kappa shape index (κ1) is 15.0. The van der Waals surface area contributed by atoms with Crippen molar-refractivity contribution in [3.8, 4) is 17.0 Å². The van der Waals surface area contributed by atoms with Crippen molar-refractivity contribution in [3.63, 3.8) is 0 Å². The second-order valence-electron chi connectivity index (χ2n) is 5.10. The van der Waals surface area contributed by atoms with Gasteiger partial charge in [-0.25, -0.2) is 4.98 Å². The fourth-order valence-corrected chi connectivity index (χ4v) is 2.24. The third-order valence-electron chi connectivity index (χ3n) is 3.32. The number of hydrogen-bond donors (Lipinski definition) is 1. The van der Waals surface area contributed by atoms with Crippen LogP contribution in [0.5, 0.6) is 5.75 Å². The molecule has 0 unspecified atom stereocenters. The van der Waals surface area contributed by atoms with Gasteiger partial charge in [-0.15, -0.1) is 0 Å². The Morgan fingerprint density at radius 2 is 1.96 bits per heavy atom. The Kier molecular flexibility index (Phi) is 4.47. The number of amides is 1. The zero-order valence-electron chi connectivity index (χ0n) is 12.8. The molecule has 23 heavy (non-hydrogen) atoms. The van der Waals surface area contributed by atoms with E-state index in [-0.39, 0.29) is 5.91 Å². The average molecular weight is 307 g/mol. The van der Waals surface area contributed by atoms with E-state index in [2.05, 4.69) is 15.3 Å². The lowest BCUT2D eigenvalue weighted by molar-refractivity contribution is -0.119. The van der Waals surface area contributed by atoms with Crippen LogP contribution in [0.15, 0.2) is 54.7 Å². The average Bonchev–Trinajstić information content (AvgIpc) is 2.58. The monoisotopic (exact) mass is 307 g/mol. The Hall–Kier alpha value is -2.95. The van der Waals surface area contributed by atoms with Gasteiger partial charge in [-0.3, -0.25) is 9.78 Å². The molecule has 0 fully saturated rings. The molecule has 2 aromatic carbocycles. The summed E-state index contributed by atoms with van der Waals surface area (Å²) in [6.45, 7) is 2.39. The molecule has 116 valence electrons. The molecule has 0 aliphatic rings. The molecule has 0 atom stereocenters. The fraction of sp³-hybridized carbons (Fsp3) is 0.167. The maximum atomic E-state index is 10.8. The van der Waals surface area contributed by atoms with Gasteiger partial charge >= 0.3 is 0 Å². The van der Waals surface area contributed by atoms with Gasteiger partial charge in [0, 0.05) is 12.5 Å². The topological polar surface area (TPSA) is 64.1 Å². The standard InChI is InChI=1S/C18H17N3O2/c1-13(22)19-9-10-23-15-6-4-5-14(11-15)18-12-20-16-7-2-3-8-17(16)21-18/h2-8,11-12H,9-10H2,1H3,(H,19,22). The van der Waals surface area contributed by atoms with E-state index in [1.54, 1.807) is 6.20 Å². The number of benzene rings is 2. The molecule has 0 spiro atoms. The molecule has 5 nitrogen and oxygen atoms in total. The molecule has 3 aromatic rings. The summed E-state index contributed by atoms with van der Waals surface area (Å²) in [6.07, 6.45) is 1.76. The minimum Gasteiger partial charge on any atom is -0.492 e. The minimum atomic E-state index is -0.0613. The van der Waals surface area contributed by atoms with Gasteiger partial charge in [0.1, 0.15) is 12.4 Å². The number of para-hydroxylation sites is 2. The van der Waals surface area contributed by atoms with Crippen molar-refractivity contribution < 1.29 is 9.53 Å². The number of ether oxygens (including phenoxy) is 1. The molecule has 0 bridgehead atoms. The van der Waals surface area contributed by atoms with Crippen LogP contribution in [0, 0.1) is 0 Å². The number of nitrogens with one attached hydrogen (secondary N) is 1. The summed E-state index contributed by atoms with van der Waals surface area (Å²) < 4.78 is 5.64. The first-order chi connectivity index (χ1) is 11.2. The van der Waals surface area contributed by atoms with E-state index in [1.165, 1.54) is 6.92 Å². The molecule has 1 aromatic heterocycles. The quantitative estimate of drug-likeness (QED) is 0.736. The lowest BCUT2D eigenvalue weighted by atomic mass is 10.1. The van der Waals surface area contributed by atoms with Gasteiger partial charge in [0.15, 0.2) is 0 Å². The van der Waals surface area contributed by atoms with Gasteiger partial charge in [-0.1, -0.05) is 24.3 Å². The van der Waals surface area contributed by atoms with E-state index in [9.17, 15) is 4.79 Å². The molecule has 1 amide bonds. The van der Waals surface area contributed by atoms with E-state index >= 15 is 0 Å². The number of aromatic nitrogens is 2. The highest BCUT2D eigenvalue weighted by Crippen LogP contribution is 2.23. The Morgan fingerprint density at radius 3 is 2.78 bits per heavy atom. The lowest BCUT2D eigenvalue weighted by Gasteiger charge is -2.08. The van der Waals surface area contributed by atoms with Crippen LogP contribution in [0.1, 0.15) is 6.92 Å². The van der Waals surface area contributed by atoms with E-state index in [4.69, 9.17) is 4.74 Å². The molecule has 1 N–H and O–H groups in total. The number of carbonyl (C=O) groups is 1. The second kappa shape index (κ2) is 6.87. The summed E-state index contributed by atoms with van der Waals surface area (Å²) in [4.78, 5) is 19.9. The van der Waals surface area contributed by atoms with E-state index in [0.717, 1.165) is 28.0 Å². The third kappa shape index (κ3) is 3.83. The molecule has 3 rings (SSSR count). The van der Waals surface area contributed by atoms with Gasteiger partial charge in [-0.05, 0) is 24.3 Å². The van der Waals surface area contributed by atoms with Crippen molar-refractivity contribution in [1.82, 2.24) is 15.3 Å². The molecule has 1 heterocycles. The van der Waals surface area contributed by atoms with Gasteiger partial charge in [0.2, 0.25) is 5.91 Å². The first-order valence-electron chi connectivity index (χ1n) is 7.42. The van der Waals surface area contributed by atoms with Crippen molar-refractivity contribution >= 4 is 16.9 Å². The summed E-state index contributed by atoms with van der Waals surface area (Å²) in [7, 11) is 0. The van der Waals surface area contributed by atoms with Gasteiger partial charge in [-0.2, -0.15) is 0 Å². The van der Waals surface area contributed by atoms with Crippen LogP contribution in [0.3, 0.4) is 0 Å². The second-order valence-corrected chi connectivity index (χ2v) is 5.10. The van der Waals surface area contributed by atoms with Crippen LogP contribution in [-0.4, -0.2) is 29.0 Å². The number of rotatable bonds is 5. The lowest BCUT2D eigenvalue weighted by Crippen LogP contribution is -2.25. The number of fused-ring (bicyclic) bond motifs is 1. The van der Waals surface area contributed by atoms with Crippen molar-refractivity contribution in [2.75, 3.05) is 13.2 Å². The predicted molar refractivity (Wildman–Crippen MR) is 89.2 cm³/mol. The highest BCUT2D eigenvalue weighted by molar-refractivity contribution is 5.77. The van der Waals surface area contributed by atoms with Crippen LogP contribution in [0.25, 0.3) is 22.3 Å².